The highest BCUT2D eigenvalue weighted by Crippen LogP contribution is 2.33. The molecule has 22 heavy (non-hydrogen) atoms. The van der Waals surface area contributed by atoms with Crippen LogP contribution in [-0.2, 0) is 11.3 Å². The monoisotopic (exact) mass is 298 g/mol. The van der Waals surface area contributed by atoms with Gasteiger partial charge in [0.25, 0.3) is 0 Å². The van der Waals surface area contributed by atoms with E-state index in [-0.39, 0.29) is 23.6 Å². The zero-order valence-corrected chi connectivity index (χ0v) is 12.3. The van der Waals surface area contributed by atoms with E-state index in [0.29, 0.717) is 25.2 Å². The maximum atomic E-state index is 13.8. The lowest BCUT2D eigenvalue weighted by molar-refractivity contribution is -0.121. The summed E-state index contributed by atoms with van der Waals surface area (Å²) in [4.78, 5) is 13.9. The van der Waals surface area contributed by atoms with Crippen molar-refractivity contribution in [3.8, 4) is 0 Å². The average molecular weight is 298 g/mol. The average Bonchev–Trinajstić information content (AvgIpc) is 2.95. The van der Waals surface area contributed by atoms with Gasteiger partial charge in [-0.1, -0.05) is 48.5 Å². The predicted molar refractivity (Wildman–Crippen MR) is 83.5 cm³/mol. The Balaban J connectivity index is 1.79. The molecule has 1 fully saturated rings. The largest absolute Gasteiger partial charge is 0.369 e. The second-order valence-corrected chi connectivity index (χ2v) is 5.81. The van der Waals surface area contributed by atoms with Crippen LogP contribution in [-0.4, -0.2) is 23.9 Å². The zero-order valence-electron chi connectivity index (χ0n) is 12.3. The van der Waals surface area contributed by atoms with E-state index >= 15 is 0 Å². The molecule has 0 unspecified atom stereocenters. The maximum Gasteiger partial charge on any atom is 0.222 e. The van der Waals surface area contributed by atoms with E-state index in [4.69, 9.17) is 5.73 Å². The van der Waals surface area contributed by atoms with Gasteiger partial charge in [0, 0.05) is 31.1 Å². The Labute approximate surface area is 129 Å². The minimum atomic E-state index is -0.287. The fraction of sp³-hybridized carbons (Fsp3) is 0.278. The number of benzene rings is 2. The van der Waals surface area contributed by atoms with Crippen LogP contribution in [0.25, 0.3) is 0 Å². The molecule has 1 amide bonds. The number of rotatable bonds is 4. The van der Waals surface area contributed by atoms with Crippen LogP contribution in [0.4, 0.5) is 4.39 Å². The summed E-state index contributed by atoms with van der Waals surface area (Å²) in [6, 6.07) is 16.7. The van der Waals surface area contributed by atoms with Crippen molar-refractivity contribution in [2.75, 3.05) is 13.1 Å². The Morgan fingerprint density at radius 3 is 2.45 bits per heavy atom. The van der Waals surface area contributed by atoms with Gasteiger partial charge in [-0.15, -0.1) is 0 Å². The van der Waals surface area contributed by atoms with Gasteiger partial charge >= 0.3 is 0 Å². The first-order valence-corrected chi connectivity index (χ1v) is 7.45. The number of primary amides is 1. The fourth-order valence-electron chi connectivity index (χ4n) is 3.21. The molecule has 2 aromatic carbocycles. The molecule has 2 aromatic rings. The van der Waals surface area contributed by atoms with Crippen molar-refractivity contribution in [3.05, 3.63) is 71.5 Å². The van der Waals surface area contributed by atoms with Crippen LogP contribution in [0.5, 0.6) is 0 Å². The molecule has 3 rings (SSSR count). The van der Waals surface area contributed by atoms with Gasteiger partial charge in [-0.05, 0) is 11.6 Å². The summed E-state index contributed by atoms with van der Waals surface area (Å²) < 4.78 is 13.8. The third-order valence-corrected chi connectivity index (χ3v) is 4.34. The van der Waals surface area contributed by atoms with Gasteiger partial charge < -0.3 is 5.73 Å². The van der Waals surface area contributed by atoms with Crippen LogP contribution in [0.1, 0.15) is 17.0 Å². The van der Waals surface area contributed by atoms with Crippen molar-refractivity contribution in [1.29, 1.82) is 0 Å². The van der Waals surface area contributed by atoms with Crippen molar-refractivity contribution in [1.82, 2.24) is 4.90 Å². The molecule has 2 N–H and O–H groups in total. The van der Waals surface area contributed by atoms with E-state index < -0.39 is 0 Å². The highest BCUT2D eigenvalue weighted by Gasteiger charge is 2.37. The highest BCUT2D eigenvalue weighted by molar-refractivity contribution is 5.78. The first kappa shape index (κ1) is 14.7. The van der Waals surface area contributed by atoms with Gasteiger partial charge in [-0.2, -0.15) is 0 Å². The Bertz CT molecular complexity index is 659. The summed E-state index contributed by atoms with van der Waals surface area (Å²) >= 11 is 0. The first-order valence-electron chi connectivity index (χ1n) is 7.45. The molecule has 0 spiro atoms. The van der Waals surface area contributed by atoms with Crippen molar-refractivity contribution in [2.24, 2.45) is 11.7 Å². The van der Waals surface area contributed by atoms with Gasteiger partial charge in [0.15, 0.2) is 0 Å². The molecule has 0 bridgehead atoms. The second kappa shape index (κ2) is 6.28. The van der Waals surface area contributed by atoms with E-state index in [0.717, 1.165) is 5.56 Å². The lowest BCUT2D eigenvalue weighted by Crippen LogP contribution is -2.29. The molecule has 0 aliphatic carbocycles. The van der Waals surface area contributed by atoms with E-state index in [1.54, 1.807) is 12.1 Å². The molecule has 1 aliphatic heterocycles. The van der Waals surface area contributed by atoms with Crippen molar-refractivity contribution >= 4 is 5.91 Å². The minimum Gasteiger partial charge on any atom is -0.369 e. The number of halogens is 1. The van der Waals surface area contributed by atoms with E-state index in [1.807, 2.05) is 36.4 Å². The number of hydrogen-bond donors (Lipinski definition) is 1. The van der Waals surface area contributed by atoms with Crippen LogP contribution >= 0.6 is 0 Å². The van der Waals surface area contributed by atoms with Gasteiger partial charge in [-0.3, -0.25) is 9.69 Å². The van der Waals surface area contributed by atoms with Crippen LogP contribution in [0, 0.1) is 11.7 Å². The SMILES string of the molecule is NC(=O)[C@@H]1CN(Cc2ccccc2F)C[C@H]1c1ccccc1. The lowest BCUT2D eigenvalue weighted by atomic mass is 9.89. The number of amides is 1. The fourth-order valence-corrected chi connectivity index (χ4v) is 3.21. The molecular formula is C18H19FN2O. The predicted octanol–water partition coefficient (Wildman–Crippen LogP) is 2.53. The Hall–Kier alpha value is -2.20. The summed E-state index contributed by atoms with van der Waals surface area (Å²) in [7, 11) is 0. The van der Waals surface area contributed by atoms with Crippen LogP contribution in [0.2, 0.25) is 0 Å². The molecule has 4 heteroatoms. The molecule has 114 valence electrons. The molecule has 3 nitrogen and oxygen atoms in total. The van der Waals surface area contributed by atoms with Gasteiger partial charge in [0.2, 0.25) is 5.91 Å². The first-order chi connectivity index (χ1) is 10.6. The van der Waals surface area contributed by atoms with Gasteiger partial charge in [0.05, 0.1) is 5.92 Å². The van der Waals surface area contributed by atoms with Gasteiger partial charge in [0.1, 0.15) is 5.82 Å². The molecule has 1 saturated heterocycles. The molecular weight excluding hydrogens is 279 g/mol. The Kier molecular flexibility index (Phi) is 4.20. The summed E-state index contributed by atoms with van der Waals surface area (Å²) in [6.07, 6.45) is 0. The van der Waals surface area contributed by atoms with Crippen LogP contribution < -0.4 is 5.73 Å². The van der Waals surface area contributed by atoms with E-state index in [1.165, 1.54) is 6.07 Å². The third-order valence-electron chi connectivity index (χ3n) is 4.34. The normalized spacial score (nSPS) is 21.9. The van der Waals surface area contributed by atoms with Crippen LogP contribution in [0.3, 0.4) is 0 Å². The molecule has 0 radical (unpaired) electrons. The molecule has 2 atom stereocenters. The zero-order chi connectivity index (χ0) is 15.5. The third kappa shape index (κ3) is 3.02. The van der Waals surface area contributed by atoms with Crippen LogP contribution in [0.15, 0.2) is 54.6 Å². The summed E-state index contributed by atoms with van der Waals surface area (Å²) in [6.45, 7) is 1.79. The number of carbonyl (C=O) groups is 1. The molecule has 0 aromatic heterocycles. The van der Waals surface area contributed by atoms with Crippen molar-refractivity contribution in [3.63, 3.8) is 0 Å². The van der Waals surface area contributed by atoms with E-state index in [2.05, 4.69) is 4.90 Å². The number of nitrogens with two attached hydrogens (primary N) is 1. The standard InChI is InChI=1S/C18H19FN2O/c19-17-9-5-4-8-14(17)10-21-11-15(16(12-21)18(20)22)13-6-2-1-3-7-13/h1-9,15-16H,10-12H2,(H2,20,22)/t15-,16+/m0/s1. The topological polar surface area (TPSA) is 46.3 Å². The quantitative estimate of drug-likeness (QED) is 0.943. The summed E-state index contributed by atoms with van der Waals surface area (Å²) in [5.74, 6) is -0.647. The minimum absolute atomic E-state index is 0.0745. The highest BCUT2D eigenvalue weighted by atomic mass is 19.1. The Morgan fingerprint density at radius 1 is 1.09 bits per heavy atom. The molecule has 0 saturated carbocycles. The van der Waals surface area contributed by atoms with E-state index in [9.17, 15) is 9.18 Å². The van der Waals surface area contributed by atoms with Crippen molar-refractivity contribution < 1.29 is 9.18 Å². The number of likely N-dealkylation sites (tertiary alicyclic amines) is 1. The maximum absolute atomic E-state index is 13.8. The number of nitrogens with zero attached hydrogens (tertiary/aromatic N) is 1. The summed E-state index contributed by atoms with van der Waals surface area (Å²) in [5, 5.41) is 0. The molecule has 1 heterocycles. The summed E-state index contributed by atoms with van der Waals surface area (Å²) in [5.41, 5.74) is 7.34. The van der Waals surface area contributed by atoms with Crippen molar-refractivity contribution in [2.45, 2.75) is 12.5 Å². The lowest BCUT2D eigenvalue weighted by Gasteiger charge is -2.16. The Morgan fingerprint density at radius 2 is 1.77 bits per heavy atom. The smallest absolute Gasteiger partial charge is 0.222 e. The van der Waals surface area contributed by atoms with Gasteiger partial charge in [-0.25, -0.2) is 4.39 Å². The second-order valence-electron chi connectivity index (χ2n) is 5.81. The number of carbonyl (C=O) groups excluding carboxylic acids is 1. The molecule has 1 aliphatic rings. The number of hydrogen-bond acceptors (Lipinski definition) is 2.